The quantitative estimate of drug-likeness (QED) is 0.0552. The molecule has 0 amide bonds. The summed E-state index contributed by atoms with van der Waals surface area (Å²) in [7, 11) is -4.41. The number of nitrogens with zero attached hydrogens (tertiary/aromatic N) is 6. The lowest BCUT2D eigenvalue weighted by Crippen LogP contribution is -2.41. The van der Waals surface area contributed by atoms with Crippen LogP contribution in [0, 0.1) is 5.92 Å². The van der Waals surface area contributed by atoms with Crippen molar-refractivity contribution in [1.82, 2.24) is 29.1 Å². The number of rotatable bonds is 16. The zero-order valence-electron chi connectivity index (χ0n) is 29.0. The minimum atomic E-state index is -4.41. The van der Waals surface area contributed by atoms with Crippen molar-refractivity contribution < 1.29 is 42.5 Å². The highest BCUT2D eigenvalue weighted by atomic mass is 35.5. The average Bonchev–Trinajstić information content (AvgIpc) is 3.87. The lowest BCUT2D eigenvalue weighted by atomic mass is 10.0. The Kier molecular flexibility index (Phi) is 11.8. The summed E-state index contributed by atoms with van der Waals surface area (Å²) in [5, 5.41) is 10.7. The minimum absolute atomic E-state index is 0.0152. The van der Waals surface area contributed by atoms with Gasteiger partial charge in [-0.05, 0) is 43.5 Å². The second kappa shape index (κ2) is 16.3. The van der Waals surface area contributed by atoms with E-state index in [-0.39, 0.29) is 31.7 Å². The maximum Gasteiger partial charge on any atom is 0.371 e. The predicted molar refractivity (Wildman–Crippen MR) is 188 cm³/mol. The van der Waals surface area contributed by atoms with Crippen LogP contribution in [-0.2, 0) is 50.6 Å². The van der Waals surface area contributed by atoms with Crippen LogP contribution in [0.15, 0.2) is 85.7 Å². The van der Waals surface area contributed by atoms with Crippen LogP contribution in [0.25, 0.3) is 17.0 Å². The maximum absolute atomic E-state index is 14.7. The van der Waals surface area contributed by atoms with Crippen LogP contribution >= 0.6 is 19.2 Å². The predicted octanol–water partition coefficient (Wildman–Crippen LogP) is 5.85. The van der Waals surface area contributed by atoms with Crippen molar-refractivity contribution in [3.63, 3.8) is 0 Å². The Morgan fingerprint density at radius 3 is 2.27 bits per heavy atom. The lowest BCUT2D eigenvalue weighted by Gasteiger charge is -2.30. The second-order valence-corrected chi connectivity index (χ2v) is 15.0. The van der Waals surface area contributed by atoms with Gasteiger partial charge in [-0.15, -0.1) is 0 Å². The van der Waals surface area contributed by atoms with Gasteiger partial charge in [0.05, 0.1) is 38.9 Å². The van der Waals surface area contributed by atoms with E-state index in [9.17, 15) is 14.5 Å². The number of hydrogen-bond acceptors (Lipinski definition) is 13. The van der Waals surface area contributed by atoms with E-state index in [0.717, 1.165) is 0 Å². The summed E-state index contributed by atoms with van der Waals surface area (Å²) in [4.78, 5) is 30.9. The van der Waals surface area contributed by atoms with Crippen molar-refractivity contribution in [3.8, 4) is 5.82 Å². The Morgan fingerprint density at radius 1 is 1.04 bits per heavy atom. The molecule has 0 aliphatic carbocycles. The normalized spacial score (nSPS) is 20.0. The molecule has 6 rings (SSSR count). The first-order valence-corrected chi connectivity index (χ1v) is 18.6. The van der Waals surface area contributed by atoms with Crippen molar-refractivity contribution >= 4 is 36.3 Å². The van der Waals surface area contributed by atoms with E-state index in [1.807, 2.05) is 43.3 Å². The maximum atomic E-state index is 14.7. The smallest absolute Gasteiger partial charge is 0.371 e. The summed E-state index contributed by atoms with van der Waals surface area (Å²) >= 11 is 6.36. The number of carbonyl (C=O) groups is 1. The first-order valence-electron chi connectivity index (χ1n) is 16.6. The third kappa shape index (κ3) is 8.76. The number of ether oxygens (including phenoxy) is 4. The Bertz CT molecular complexity index is 1930. The molecule has 1 fully saturated rings. The molecule has 0 radical (unpaired) electrons. The number of aliphatic hydroxyl groups is 1. The summed E-state index contributed by atoms with van der Waals surface area (Å²) in [5.74, 6) is -4.34. The molecule has 1 saturated heterocycles. The van der Waals surface area contributed by atoms with Gasteiger partial charge in [-0.3, -0.25) is 13.7 Å². The Morgan fingerprint density at radius 2 is 1.69 bits per heavy atom. The zero-order valence-corrected chi connectivity index (χ0v) is 30.7. The van der Waals surface area contributed by atoms with E-state index >= 15 is 0 Å². The number of benzene rings is 2. The van der Waals surface area contributed by atoms with Gasteiger partial charge in [0.15, 0.2) is 22.8 Å². The van der Waals surface area contributed by atoms with E-state index in [1.165, 1.54) is 13.8 Å². The second-order valence-electron chi connectivity index (χ2n) is 12.6. The molecule has 17 heteroatoms. The van der Waals surface area contributed by atoms with Crippen LogP contribution in [0.4, 0.5) is 0 Å². The molecular formula is C35H40ClN6O9P. The number of imidazole rings is 2. The van der Waals surface area contributed by atoms with Gasteiger partial charge in [-0.25, -0.2) is 14.8 Å². The number of aromatic nitrogens is 6. The van der Waals surface area contributed by atoms with Gasteiger partial charge < -0.3 is 33.1 Å². The third-order valence-electron chi connectivity index (χ3n) is 8.17. The van der Waals surface area contributed by atoms with E-state index in [2.05, 4.69) is 19.9 Å². The molecule has 0 bridgehead atoms. The Labute approximate surface area is 305 Å². The van der Waals surface area contributed by atoms with Gasteiger partial charge in [-0.1, -0.05) is 67.6 Å². The Hall–Kier alpha value is -4.05. The van der Waals surface area contributed by atoms with E-state index < -0.39 is 49.6 Å². The molecule has 1 unspecified atom stereocenters. The standard InChI is InChI=1S/C35H40ClN6O9P/c1-5-46-32(43)33(52(45,48-18-24-12-8-6-9-13-24)49-19-25-14-10-7-11-15-25)47-20-26-28(51-35(3,4)44)23(2)31(50-26)42-22-38-27-29(41-17-16-37-21-41)39-34(36)40-30(27)42/h6-17,21-23,26,28,31,33,44H,5,18-20H2,1-4H3/t23-,26-,28+,31-,33?/m1/s1. The summed E-state index contributed by atoms with van der Waals surface area (Å²) in [6, 6.07) is 18.1. The summed E-state index contributed by atoms with van der Waals surface area (Å²) in [6.45, 7) is 5.87. The molecule has 5 aromatic rings. The molecule has 276 valence electrons. The highest BCUT2D eigenvalue weighted by Gasteiger charge is 2.49. The molecule has 5 atom stereocenters. The van der Waals surface area contributed by atoms with Gasteiger partial charge in [0, 0.05) is 18.3 Å². The molecule has 4 heterocycles. The number of fused-ring (bicyclic) bond motifs is 1. The van der Waals surface area contributed by atoms with E-state index in [0.29, 0.717) is 28.1 Å². The van der Waals surface area contributed by atoms with Crippen LogP contribution in [0.3, 0.4) is 0 Å². The van der Waals surface area contributed by atoms with Gasteiger partial charge in [0.1, 0.15) is 18.7 Å². The fourth-order valence-electron chi connectivity index (χ4n) is 5.82. The third-order valence-corrected chi connectivity index (χ3v) is 10.3. The molecular weight excluding hydrogens is 715 g/mol. The van der Waals surface area contributed by atoms with Crippen molar-refractivity contribution in [2.75, 3.05) is 13.2 Å². The molecule has 1 N–H and O–H groups in total. The molecule has 0 saturated carbocycles. The van der Waals surface area contributed by atoms with E-state index in [4.69, 9.17) is 39.6 Å². The van der Waals surface area contributed by atoms with Gasteiger partial charge >= 0.3 is 13.6 Å². The number of hydrogen-bond donors (Lipinski definition) is 1. The van der Waals surface area contributed by atoms with Crippen LogP contribution < -0.4 is 0 Å². The Balaban J connectivity index is 1.30. The van der Waals surface area contributed by atoms with Crippen molar-refractivity contribution in [3.05, 3.63) is 102 Å². The van der Waals surface area contributed by atoms with Gasteiger partial charge in [0.2, 0.25) is 5.28 Å². The first kappa shape index (κ1) is 37.7. The molecule has 1 aliphatic rings. The number of carbonyl (C=O) groups excluding carboxylic acids is 1. The zero-order chi connectivity index (χ0) is 36.9. The minimum Gasteiger partial charge on any atom is -0.464 e. The highest BCUT2D eigenvalue weighted by Crippen LogP contribution is 2.55. The highest BCUT2D eigenvalue weighted by molar-refractivity contribution is 7.55. The van der Waals surface area contributed by atoms with Crippen molar-refractivity contribution in [2.45, 2.75) is 71.0 Å². The molecule has 2 aromatic carbocycles. The van der Waals surface area contributed by atoms with Crippen molar-refractivity contribution in [2.24, 2.45) is 5.92 Å². The van der Waals surface area contributed by atoms with Crippen LogP contribution in [0.1, 0.15) is 45.0 Å². The average molecular weight is 755 g/mol. The van der Waals surface area contributed by atoms with Crippen LogP contribution in [0.5, 0.6) is 0 Å². The monoisotopic (exact) mass is 754 g/mol. The van der Waals surface area contributed by atoms with Crippen LogP contribution in [-0.4, -0.2) is 77.2 Å². The first-order chi connectivity index (χ1) is 25.0. The molecule has 1 aliphatic heterocycles. The SMILES string of the molecule is CCOC(=O)C(OC[C@H]1O[C@@H](n2cnc3c(-n4ccnc4)nc(Cl)nc32)[C@H](C)[C@@H]1OC(C)(C)O)P(=O)(OCc1ccccc1)OCc1ccccc1. The summed E-state index contributed by atoms with van der Waals surface area (Å²) in [5.41, 5.74) is 2.22. The van der Waals surface area contributed by atoms with Crippen LogP contribution in [0.2, 0.25) is 5.28 Å². The molecule has 3 aromatic heterocycles. The van der Waals surface area contributed by atoms with Crippen molar-refractivity contribution in [1.29, 1.82) is 0 Å². The fraction of sp³-hybridized carbons (Fsp3) is 0.400. The molecule has 15 nitrogen and oxygen atoms in total. The summed E-state index contributed by atoms with van der Waals surface area (Å²) in [6.07, 6.45) is 3.95. The fourth-order valence-corrected chi connectivity index (χ4v) is 7.58. The van der Waals surface area contributed by atoms with E-state index in [1.54, 1.807) is 65.4 Å². The van der Waals surface area contributed by atoms with Gasteiger partial charge in [0.25, 0.3) is 5.85 Å². The summed E-state index contributed by atoms with van der Waals surface area (Å²) < 4.78 is 54.0. The number of esters is 1. The topological polar surface area (TPSA) is 171 Å². The molecule has 0 spiro atoms. The largest absolute Gasteiger partial charge is 0.464 e. The lowest BCUT2D eigenvalue weighted by molar-refractivity contribution is -0.224. The van der Waals surface area contributed by atoms with Gasteiger partial charge in [-0.2, -0.15) is 9.97 Å². The number of halogens is 1. The molecule has 52 heavy (non-hydrogen) atoms.